The normalized spacial score (nSPS) is 23.5. The maximum absolute atomic E-state index is 13.1. The van der Waals surface area contributed by atoms with Crippen LogP contribution in [0, 0.1) is 0 Å². The highest BCUT2D eigenvalue weighted by atomic mass is 16.2. The first-order chi connectivity index (χ1) is 16.9. The summed E-state index contributed by atoms with van der Waals surface area (Å²) in [6.45, 7) is 5.67. The molecule has 1 N–H and O–H groups in total. The Kier molecular flexibility index (Phi) is 6.55. The molecule has 0 spiro atoms. The zero-order valence-electron chi connectivity index (χ0n) is 19.8. The fourth-order valence-electron chi connectivity index (χ4n) is 5.44. The van der Waals surface area contributed by atoms with Crippen LogP contribution in [0.25, 0.3) is 0 Å². The van der Waals surface area contributed by atoms with Crippen LogP contribution in [0.5, 0.6) is 0 Å². The lowest BCUT2D eigenvalue weighted by atomic mass is 10.0. The number of hydrogen-bond acceptors (Lipinski definition) is 7. The van der Waals surface area contributed by atoms with Gasteiger partial charge in [-0.3, -0.25) is 39.1 Å². The number of amides is 5. The SMILES string of the molecule is O=C1CCC(N2C(=O)c3ccc(N4CCN(CCC(=O)N5CCCCC5)CC4)cc3C2=O)C(=O)N1. The molecular formula is C25H31N5O5. The van der Waals surface area contributed by atoms with Crippen molar-refractivity contribution in [1.82, 2.24) is 20.0 Å². The number of nitrogens with one attached hydrogen (secondary N) is 1. The Hall–Kier alpha value is -3.27. The van der Waals surface area contributed by atoms with Crippen LogP contribution in [0.1, 0.15) is 59.2 Å². The molecule has 10 nitrogen and oxygen atoms in total. The van der Waals surface area contributed by atoms with Gasteiger partial charge >= 0.3 is 0 Å². The van der Waals surface area contributed by atoms with Gasteiger partial charge in [-0.15, -0.1) is 0 Å². The van der Waals surface area contributed by atoms with Crippen molar-refractivity contribution in [3.63, 3.8) is 0 Å². The quantitative estimate of drug-likeness (QED) is 0.614. The number of carbonyl (C=O) groups is 5. The number of benzene rings is 1. The second-order valence-corrected chi connectivity index (χ2v) is 9.70. The summed E-state index contributed by atoms with van der Waals surface area (Å²) < 4.78 is 0. The summed E-state index contributed by atoms with van der Waals surface area (Å²) in [4.78, 5) is 69.6. The molecule has 5 rings (SSSR count). The monoisotopic (exact) mass is 481 g/mol. The number of fused-ring (bicyclic) bond motifs is 1. The van der Waals surface area contributed by atoms with Gasteiger partial charge in [0.05, 0.1) is 11.1 Å². The summed E-state index contributed by atoms with van der Waals surface area (Å²) in [6, 6.07) is 4.27. The molecule has 0 radical (unpaired) electrons. The minimum atomic E-state index is -0.959. The second kappa shape index (κ2) is 9.77. The Labute approximate surface area is 204 Å². The molecule has 1 aromatic rings. The van der Waals surface area contributed by atoms with Gasteiger partial charge < -0.3 is 9.80 Å². The third kappa shape index (κ3) is 4.67. The fraction of sp³-hybridized carbons (Fsp3) is 0.560. The highest BCUT2D eigenvalue weighted by Crippen LogP contribution is 2.31. The molecule has 4 aliphatic rings. The zero-order chi connectivity index (χ0) is 24.5. The van der Waals surface area contributed by atoms with Gasteiger partial charge in [0.15, 0.2) is 0 Å². The first-order valence-corrected chi connectivity index (χ1v) is 12.5. The Morgan fingerprint density at radius 1 is 0.886 bits per heavy atom. The molecule has 0 saturated carbocycles. The molecule has 3 fully saturated rings. The van der Waals surface area contributed by atoms with Gasteiger partial charge in [0, 0.05) is 64.3 Å². The molecule has 1 unspecified atom stereocenters. The van der Waals surface area contributed by atoms with E-state index in [4.69, 9.17) is 0 Å². The van der Waals surface area contributed by atoms with Crippen molar-refractivity contribution in [3.05, 3.63) is 29.3 Å². The van der Waals surface area contributed by atoms with Crippen LogP contribution in [0.15, 0.2) is 18.2 Å². The lowest BCUT2D eigenvalue weighted by Crippen LogP contribution is -2.54. The molecule has 3 saturated heterocycles. The van der Waals surface area contributed by atoms with E-state index in [1.54, 1.807) is 12.1 Å². The minimum absolute atomic E-state index is 0.100. The predicted octanol–water partition coefficient (Wildman–Crippen LogP) is 0.612. The Morgan fingerprint density at radius 2 is 1.60 bits per heavy atom. The number of hydrogen-bond donors (Lipinski definition) is 1. The van der Waals surface area contributed by atoms with Gasteiger partial charge in [-0.25, -0.2) is 0 Å². The molecule has 4 aliphatic heterocycles. The number of carbonyl (C=O) groups excluding carboxylic acids is 5. The summed E-state index contributed by atoms with van der Waals surface area (Å²) in [7, 11) is 0. The fourth-order valence-corrected chi connectivity index (χ4v) is 5.44. The van der Waals surface area contributed by atoms with E-state index in [0.717, 1.165) is 69.2 Å². The maximum Gasteiger partial charge on any atom is 0.262 e. The van der Waals surface area contributed by atoms with E-state index < -0.39 is 23.8 Å². The number of piperidine rings is 2. The van der Waals surface area contributed by atoms with Crippen LogP contribution in [0.2, 0.25) is 0 Å². The number of rotatable bonds is 5. The van der Waals surface area contributed by atoms with Gasteiger partial charge in [0.2, 0.25) is 17.7 Å². The van der Waals surface area contributed by atoms with Crippen molar-refractivity contribution in [1.29, 1.82) is 0 Å². The van der Waals surface area contributed by atoms with E-state index >= 15 is 0 Å². The van der Waals surface area contributed by atoms with Crippen LogP contribution in [-0.4, -0.2) is 96.1 Å². The summed E-state index contributed by atoms with van der Waals surface area (Å²) in [5.74, 6) is -1.73. The van der Waals surface area contributed by atoms with Crippen LogP contribution in [-0.2, 0) is 14.4 Å². The van der Waals surface area contributed by atoms with E-state index in [0.29, 0.717) is 17.5 Å². The van der Waals surface area contributed by atoms with Gasteiger partial charge in [-0.2, -0.15) is 0 Å². The third-order valence-corrected chi connectivity index (χ3v) is 7.51. The van der Waals surface area contributed by atoms with E-state index in [1.807, 2.05) is 11.0 Å². The second-order valence-electron chi connectivity index (χ2n) is 9.70. The van der Waals surface area contributed by atoms with E-state index in [2.05, 4.69) is 15.1 Å². The average molecular weight is 482 g/mol. The maximum atomic E-state index is 13.1. The smallest absolute Gasteiger partial charge is 0.262 e. The Morgan fingerprint density at radius 3 is 2.31 bits per heavy atom. The zero-order valence-corrected chi connectivity index (χ0v) is 19.8. The topological polar surface area (TPSA) is 110 Å². The van der Waals surface area contributed by atoms with Crippen molar-refractivity contribution >= 4 is 35.2 Å². The van der Waals surface area contributed by atoms with Crippen LogP contribution in [0.4, 0.5) is 5.69 Å². The minimum Gasteiger partial charge on any atom is -0.369 e. The highest BCUT2D eigenvalue weighted by Gasteiger charge is 2.44. The van der Waals surface area contributed by atoms with Crippen molar-refractivity contribution in [3.8, 4) is 0 Å². The number of imide groups is 2. The first kappa shape index (κ1) is 23.5. The first-order valence-electron chi connectivity index (χ1n) is 12.5. The molecule has 0 bridgehead atoms. The van der Waals surface area contributed by atoms with Crippen LogP contribution >= 0.6 is 0 Å². The van der Waals surface area contributed by atoms with Gasteiger partial charge in [-0.05, 0) is 43.9 Å². The summed E-state index contributed by atoms with van der Waals surface area (Å²) in [5.41, 5.74) is 1.45. The van der Waals surface area contributed by atoms with Crippen molar-refractivity contribution < 1.29 is 24.0 Å². The van der Waals surface area contributed by atoms with Crippen LogP contribution < -0.4 is 10.2 Å². The molecule has 5 amide bonds. The lowest BCUT2D eigenvalue weighted by molar-refractivity contribution is -0.136. The van der Waals surface area contributed by atoms with Crippen molar-refractivity contribution in [2.24, 2.45) is 0 Å². The number of anilines is 1. The lowest BCUT2D eigenvalue weighted by Gasteiger charge is -2.36. The molecule has 1 aromatic carbocycles. The van der Waals surface area contributed by atoms with Gasteiger partial charge in [0.1, 0.15) is 6.04 Å². The molecule has 1 atom stereocenters. The molecule has 0 aromatic heterocycles. The summed E-state index contributed by atoms with van der Waals surface area (Å²) in [6.07, 6.45) is 4.21. The van der Waals surface area contributed by atoms with Crippen molar-refractivity contribution in [2.45, 2.75) is 44.6 Å². The molecule has 0 aliphatic carbocycles. The van der Waals surface area contributed by atoms with Gasteiger partial charge in [0.25, 0.3) is 11.8 Å². The van der Waals surface area contributed by atoms with Crippen molar-refractivity contribution in [2.75, 3.05) is 50.7 Å². The largest absolute Gasteiger partial charge is 0.369 e. The Balaban J connectivity index is 1.18. The predicted molar refractivity (Wildman–Crippen MR) is 127 cm³/mol. The molecule has 186 valence electrons. The standard InChI is InChI=1S/C25H31N5O5/c31-21-7-6-20(23(33)26-21)30-24(34)18-5-4-17(16-19(18)25(30)35)28-14-12-27(13-15-28)11-8-22(32)29-9-2-1-3-10-29/h4-5,16,20H,1-3,6-15H2,(H,26,31,33). The number of nitrogens with zero attached hydrogens (tertiary/aromatic N) is 4. The third-order valence-electron chi connectivity index (χ3n) is 7.51. The van der Waals surface area contributed by atoms with E-state index in [9.17, 15) is 24.0 Å². The highest BCUT2D eigenvalue weighted by molar-refractivity contribution is 6.23. The molecule has 4 heterocycles. The molecule has 10 heteroatoms. The van der Waals surface area contributed by atoms with E-state index in [-0.39, 0.29) is 24.7 Å². The molecular weight excluding hydrogens is 450 g/mol. The van der Waals surface area contributed by atoms with Gasteiger partial charge in [-0.1, -0.05) is 0 Å². The summed E-state index contributed by atoms with van der Waals surface area (Å²) >= 11 is 0. The number of likely N-dealkylation sites (tertiary alicyclic amines) is 1. The van der Waals surface area contributed by atoms with Crippen LogP contribution in [0.3, 0.4) is 0 Å². The average Bonchev–Trinajstić information content (AvgIpc) is 3.12. The van der Waals surface area contributed by atoms with E-state index in [1.165, 1.54) is 6.42 Å². The summed E-state index contributed by atoms with van der Waals surface area (Å²) in [5, 5.41) is 2.22. The molecule has 35 heavy (non-hydrogen) atoms. The number of piperazine rings is 1. The Bertz CT molecular complexity index is 1060.